The molecule has 0 saturated heterocycles. The van der Waals surface area contributed by atoms with Gasteiger partial charge in [0.1, 0.15) is 6.54 Å². The second kappa shape index (κ2) is 7.21. The zero-order chi connectivity index (χ0) is 18.4. The highest BCUT2D eigenvalue weighted by Gasteiger charge is 2.21. The third-order valence-corrected chi connectivity index (χ3v) is 4.89. The molecule has 3 aromatic heterocycles. The molecule has 8 nitrogen and oxygen atoms in total. The molecule has 1 aliphatic rings. The van der Waals surface area contributed by atoms with Gasteiger partial charge in [-0.1, -0.05) is 17.3 Å². The maximum atomic E-state index is 12.2. The molecule has 0 aliphatic carbocycles. The number of aromatic nitrogens is 4. The van der Waals surface area contributed by atoms with Crippen molar-refractivity contribution in [3.63, 3.8) is 0 Å². The Morgan fingerprint density at radius 1 is 1.29 bits per heavy atom. The molecular weight excluding hydrogens is 382 g/mol. The summed E-state index contributed by atoms with van der Waals surface area (Å²) in [5.41, 5.74) is 5.39. The lowest BCUT2D eigenvalue weighted by molar-refractivity contribution is 0.367. The number of nitrogens with one attached hydrogen (secondary N) is 1. The van der Waals surface area contributed by atoms with Gasteiger partial charge in [-0.2, -0.15) is 4.98 Å². The molecule has 0 fully saturated rings. The van der Waals surface area contributed by atoms with E-state index in [-0.39, 0.29) is 19.0 Å². The molecule has 4 heterocycles. The number of halogens is 1. The minimum atomic E-state index is -0.447. The predicted octanol–water partition coefficient (Wildman–Crippen LogP) is 2.46. The molecule has 0 saturated carbocycles. The van der Waals surface area contributed by atoms with Gasteiger partial charge in [0.25, 0.3) is 0 Å². The maximum Gasteiger partial charge on any atom is 0.420 e. The maximum absolute atomic E-state index is 12.2. The Kier molecular flexibility index (Phi) is 4.74. The first kappa shape index (κ1) is 18.4. The zero-order valence-corrected chi connectivity index (χ0v) is 16.0. The molecule has 0 radical (unpaired) electrons. The van der Waals surface area contributed by atoms with E-state index in [2.05, 4.69) is 20.4 Å². The summed E-state index contributed by atoms with van der Waals surface area (Å²) in [6.07, 6.45) is 2.79. The number of aryl methyl sites for hydroxylation is 1. The number of rotatable bonds is 3. The average molecular weight is 400 g/mol. The van der Waals surface area contributed by atoms with Crippen LogP contribution in [0.2, 0.25) is 0 Å². The zero-order valence-electron chi connectivity index (χ0n) is 15.1. The van der Waals surface area contributed by atoms with Gasteiger partial charge in [0, 0.05) is 24.0 Å². The van der Waals surface area contributed by atoms with E-state index in [0.717, 1.165) is 36.3 Å². The van der Waals surface area contributed by atoms with E-state index in [9.17, 15) is 4.79 Å². The summed E-state index contributed by atoms with van der Waals surface area (Å²) in [7, 11) is 0. The lowest BCUT2D eigenvalue weighted by Crippen LogP contribution is -2.24. The quantitative estimate of drug-likeness (QED) is 0.564. The first-order valence-electron chi connectivity index (χ1n) is 8.80. The van der Waals surface area contributed by atoms with E-state index in [1.54, 1.807) is 6.07 Å². The van der Waals surface area contributed by atoms with Crippen LogP contribution >= 0.6 is 12.4 Å². The molecule has 1 aliphatic heterocycles. The van der Waals surface area contributed by atoms with Crippen molar-refractivity contribution in [2.45, 2.75) is 26.4 Å². The Morgan fingerprint density at radius 2 is 2.14 bits per heavy atom. The fourth-order valence-corrected chi connectivity index (χ4v) is 3.59. The molecule has 0 amide bonds. The molecule has 5 rings (SSSR count). The number of fused-ring (bicyclic) bond motifs is 2. The van der Waals surface area contributed by atoms with Crippen LogP contribution in [0.15, 0.2) is 44.2 Å². The summed E-state index contributed by atoms with van der Waals surface area (Å²) in [5.74, 6) is 0.413. The Hall–Kier alpha value is -2.97. The highest BCUT2D eigenvalue weighted by molar-refractivity contribution is 5.85. The van der Waals surface area contributed by atoms with Gasteiger partial charge >= 0.3 is 5.76 Å². The van der Waals surface area contributed by atoms with Crippen molar-refractivity contribution in [2.75, 3.05) is 6.54 Å². The Bertz CT molecular complexity index is 1210. The average Bonchev–Trinajstić information content (AvgIpc) is 3.27. The molecule has 9 heteroatoms. The first-order chi connectivity index (χ1) is 13.2. The summed E-state index contributed by atoms with van der Waals surface area (Å²) in [5, 5.41) is 7.50. The van der Waals surface area contributed by atoms with Gasteiger partial charge in [0.05, 0.1) is 5.52 Å². The fourth-order valence-electron chi connectivity index (χ4n) is 3.59. The SMILES string of the molecule is Cc1ncc2c(c1-c1noc(Cn3c(=O)oc4ccccc43)n1)CCNC2.Cl. The van der Waals surface area contributed by atoms with Gasteiger partial charge in [-0.05, 0) is 43.1 Å². The van der Waals surface area contributed by atoms with Crippen LogP contribution in [0.1, 0.15) is 22.7 Å². The van der Waals surface area contributed by atoms with Crippen molar-refractivity contribution in [1.82, 2.24) is 25.0 Å². The second-order valence-corrected chi connectivity index (χ2v) is 6.58. The molecule has 0 unspecified atom stereocenters. The molecule has 0 bridgehead atoms. The van der Waals surface area contributed by atoms with Crippen LogP contribution in [0.4, 0.5) is 0 Å². The second-order valence-electron chi connectivity index (χ2n) is 6.58. The summed E-state index contributed by atoms with van der Waals surface area (Å²) < 4.78 is 12.2. The standard InChI is InChI=1S/C19H17N5O3.ClH/c1-11-17(13-6-7-20-8-12(13)9-21-11)18-22-16(27-23-18)10-24-14-4-2-3-5-15(14)26-19(24)25;/h2-5,9,20H,6-8,10H2,1H3;1H. The molecule has 0 spiro atoms. The third-order valence-electron chi connectivity index (χ3n) is 4.89. The number of nitrogens with zero attached hydrogens (tertiary/aromatic N) is 4. The van der Waals surface area contributed by atoms with Crippen molar-refractivity contribution in [1.29, 1.82) is 0 Å². The minimum Gasteiger partial charge on any atom is -0.408 e. The van der Waals surface area contributed by atoms with Gasteiger partial charge in [-0.25, -0.2) is 4.79 Å². The van der Waals surface area contributed by atoms with Gasteiger partial charge in [0.2, 0.25) is 11.7 Å². The van der Waals surface area contributed by atoms with E-state index in [1.807, 2.05) is 31.3 Å². The normalized spacial score (nSPS) is 13.3. The number of oxazole rings is 1. The van der Waals surface area contributed by atoms with Gasteiger partial charge < -0.3 is 14.3 Å². The Labute approximate surface area is 166 Å². The fraction of sp³-hybridized carbons (Fsp3) is 0.263. The van der Waals surface area contributed by atoms with E-state index in [4.69, 9.17) is 8.94 Å². The van der Waals surface area contributed by atoms with Gasteiger partial charge in [0.15, 0.2) is 5.58 Å². The number of hydrogen-bond acceptors (Lipinski definition) is 7. The monoisotopic (exact) mass is 399 g/mol. The Balaban J connectivity index is 0.00000192. The smallest absolute Gasteiger partial charge is 0.408 e. The van der Waals surface area contributed by atoms with Crippen LogP contribution in [-0.2, 0) is 19.5 Å². The van der Waals surface area contributed by atoms with Gasteiger partial charge in [-0.3, -0.25) is 9.55 Å². The largest absolute Gasteiger partial charge is 0.420 e. The van der Waals surface area contributed by atoms with Crippen LogP contribution in [0.5, 0.6) is 0 Å². The van der Waals surface area contributed by atoms with Crippen LogP contribution < -0.4 is 11.1 Å². The number of benzene rings is 1. The number of pyridine rings is 1. The van der Waals surface area contributed by atoms with Crippen molar-refractivity contribution in [3.8, 4) is 11.4 Å². The van der Waals surface area contributed by atoms with Crippen molar-refractivity contribution in [2.24, 2.45) is 0 Å². The van der Waals surface area contributed by atoms with E-state index >= 15 is 0 Å². The van der Waals surface area contributed by atoms with Crippen LogP contribution in [0.25, 0.3) is 22.5 Å². The molecule has 0 atom stereocenters. The van der Waals surface area contributed by atoms with E-state index in [1.165, 1.54) is 10.1 Å². The summed E-state index contributed by atoms with van der Waals surface area (Å²) in [4.78, 5) is 21.2. The molecular formula is C19H18ClN5O3. The molecule has 1 N–H and O–H groups in total. The first-order valence-corrected chi connectivity index (χ1v) is 8.80. The van der Waals surface area contributed by atoms with Crippen LogP contribution in [-0.4, -0.2) is 26.2 Å². The third kappa shape index (κ3) is 3.00. The predicted molar refractivity (Wildman–Crippen MR) is 105 cm³/mol. The number of para-hydroxylation sites is 2. The summed E-state index contributed by atoms with van der Waals surface area (Å²) >= 11 is 0. The topological polar surface area (TPSA) is 99.0 Å². The highest BCUT2D eigenvalue weighted by atomic mass is 35.5. The minimum absolute atomic E-state index is 0. The Morgan fingerprint density at radius 3 is 3.04 bits per heavy atom. The van der Waals surface area contributed by atoms with Crippen molar-refractivity contribution >= 4 is 23.5 Å². The van der Waals surface area contributed by atoms with Crippen LogP contribution in [0.3, 0.4) is 0 Å². The van der Waals surface area contributed by atoms with Crippen molar-refractivity contribution < 1.29 is 8.94 Å². The van der Waals surface area contributed by atoms with E-state index in [0.29, 0.717) is 22.8 Å². The van der Waals surface area contributed by atoms with E-state index < -0.39 is 5.76 Å². The molecule has 1 aromatic carbocycles. The highest BCUT2D eigenvalue weighted by Crippen LogP contribution is 2.28. The van der Waals surface area contributed by atoms with Gasteiger partial charge in [-0.15, -0.1) is 12.4 Å². The van der Waals surface area contributed by atoms with Crippen LogP contribution in [0, 0.1) is 6.92 Å². The lowest BCUT2D eigenvalue weighted by atomic mass is 9.95. The molecule has 28 heavy (non-hydrogen) atoms. The van der Waals surface area contributed by atoms with Crippen molar-refractivity contribution in [3.05, 3.63) is 63.7 Å². The number of hydrogen-bond donors (Lipinski definition) is 1. The summed E-state index contributed by atoms with van der Waals surface area (Å²) in [6, 6.07) is 7.26. The summed E-state index contributed by atoms with van der Waals surface area (Å²) in [6.45, 7) is 3.80. The lowest BCUT2D eigenvalue weighted by Gasteiger charge is -2.19. The molecule has 144 valence electrons. The molecule has 4 aromatic rings.